The Morgan fingerprint density at radius 1 is 1.79 bits per heavy atom. The molecule has 1 heterocycles. The highest BCUT2D eigenvalue weighted by atomic mass is 35.5. The zero-order chi connectivity index (χ0) is 10.7. The van der Waals surface area contributed by atoms with Crippen LogP contribution in [0, 0.1) is 0 Å². The van der Waals surface area contributed by atoms with Crippen molar-refractivity contribution >= 4 is 17.3 Å². The van der Waals surface area contributed by atoms with Crippen LogP contribution in [-0.4, -0.2) is 20.8 Å². The first-order valence-electron chi connectivity index (χ1n) is 4.21. The maximum Gasteiger partial charge on any atom is 0.278 e. The number of aliphatic hydroxyl groups excluding tert-OH is 1. The Morgan fingerprint density at radius 3 is 3.00 bits per heavy atom. The lowest BCUT2D eigenvalue weighted by molar-refractivity contribution is 0.177. The van der Waals surface area contributed by atoms with E-state index in [2.05, 4.69) is 4.98 Å². The number of nitrogen functional groups attached to an aromatic ring is 1. The number of nitrogens with two attached hydrogens (primary N) is 1. The average Bonchev–Trinajstić information content (AvgIpc) is 2.13. The van der Waals surface area contributed by atoms with Gasteiger partial charge in [0, 0.05) is 6.54 Å². The van der Waals surface area contributed by atoms with Crippen molar-refractivity contribution in [3.05, 3.63) is 21.8 Å². The van der Waals surface area contributed by atoms with Crippen molar-refractivity contribution in [3.63, 3.8) is 0 Å². The minimum absolute atomic E-state index is 0.0169. The molecular formula is C8H12ClN3O2. The predicted molar refractivity (Wildman–Crippen MR) is 54.2 cm³/mol. The molecule has 1 aromatic heterocycles. The SMILES string of the molecule is CC(O)CCn1cnc(Cl)c(N)c1=O. The second kappa shape index (κ2) is 4.43. The van der Waals surface area contributed by atoms with Crippen molar-refractivity contribution < 1.29 is 5.11 Å². The van der Waals surface area contributed by atoms with E-state index in [1.165, 1.54) is 10.9 Å². The zero-order valence-corrected chi connectivity index (χ0v) is 8.53. The normalized spacial score (nSPS) is 12.8. The Labute approximate surface area is 86.1 Å². The lowest BCUT2D eigenvalue weighted by Crippen LogP contribution is -2.25. The summed E-state index contributed by atoms with van der Waals surface area (Å²) in [7, 11) is 0. The summed E-state index contributed by atoms with van der Waals surface area (Å²) in [6.45, 7) is 2.03. The third-order valence-corrected chi connectivity index (χ3v) is 2.11. The van der Waals surface area contributed by atoms with E-state index in [0.29, 0.717) is 13.0 Å². The van der Waals surface area contributed by atoms with E-state index >= 15 is 0 Å². The Bertz CT molecular complexity index is 375. The van der Waals surface area contributed by atoms with Gasteiger partial charge in [0.2, 0.25) is 0 Å². The predicted octanol–water partition coefficient (Wildman–Crippen LogP) is 0.250. The van der Waals surface area contributed by atoms with Crippen LogP contribution in [0.4, 0.5) is 5.69 Å². The van der Waals surface area contributed by atoms with Crippen LogP contribution in [-0.2, 0) is 6.54 Å². The van der Waals surface area contributed by atoms with Crippen LogP contribution in [0.3, 0.4) is 0 Å². The van der Waals surface area contributed by atoms with Gasteiger partial charge >= 0.3 is 0 Å². The van der Waals surface area contributed by atoms with Crippen LogP contribution in [0.2, 0.25) is 5.15 Å². The monoisotopic (exact) mass is 217 g/mol. The van der Waals surface area contributed by atoms with Gasteiger partial charge in [-0.1, -0.05) is 11.6 Å². The van der Waals surface area contributed by atoms with Gasteiger partial charge in [0.25, 0.3) is 5.56 Å². The van der Waals surface area contributed by atoms with Crippen molar-refractivity contribution in [1.29, 1.82) is 0 Å². The van der Waals surface area contributed by atoms with E-state index < -0.39 is 6.10 Å². The number of nitrogens with zero attached hydrogens (tertiary/aromatic N) is 2. The molecule has 0 aliphatic rings. The Hall–Kier alpha value is -1.07. The molecule has 0 bridgehead atoms. The van der Waals surface area contributed by atoms with Gasteiger partial charge in [-0.2, -0.15) is 0 Å². The largest absolute Gasteiger partial charge is 0.393 e. The molecule has 1 rings (SSSR count). The number of aryl methyl sites for hydroxylation is 1. The maximum absolute atomic E-state index is 11.4. The van der Waals surface area contributed by atoms with E-state index in [1.54, 1.807) is 6.92 Å². The van der Waals surface area contributed by atoms with Gasteiger partial charge in [0.15, 0.2) is 5.15 Å². The first kappa shape index (κ1) is 11.0. The first-order chi connectivity index (χ1) is 6.52. The molecule has 0 aliphatic carbocycles. The van der Waals surface area contributed by atoms with Crippen molar-refractivity contribution in [2.75, 3.05) is 5.73 Å². The third-order valence-electron chi connectivity index (χ3n) is 1.81. The molecule has 0 spiro atoms. The molecule has 0 fully saturated rings. The molecule has 0 saturated carbocycles. The zero-order valence-electron chi connectivity index (χ0n) is 7.77. The van der Waals surface area contributed by atoms with Gasteiger partial charge in [-0.05, 0) is 13.3 Å². The number of halogens is 1. The lowest BCUT2D eigenvalue weighted by Gasteiger charge is -2.07. The summed E-state index contributed by atoms with van der Waals surface area (Å²) in [6, 6.07) is 0. The molecule has 5 nitrogen and oxygen atoms in total. The number of hydrogen-bond donors (Lipinski definition) is 2. The van der Waals surface area contributed by atoms with Crippen molar-refractivity contribution in [2.45, 2.75) is 26.0 Å². The Balaban J connectivity index is 2.89. The molecule has 0 aromatic carbocycles. The average molecular weight is 218 g/mol. The standard InChI is InChI=1S/C8H12ClN3O2/c1-5(13)2-3-12-4-11-7(9)6(10)8(12)14/h4-5,13H,2-3,10H2,1H3. The number of anilines is 1. The summed E-state index contributed by atoms with van der Waals surface area (Å²) >= 11 is 5.55. The highest BCUT2D eigenvalue weighted by Crippen LogP contribution is 2.08. The Morgan fingerprint density at radius 2 is 2.43 bits per heavy atom. The van der Waals surface area contributed by atoms with E-state index in [1.807, 2.05) is 0 Å². The van der Waals surface area contributed by atoms with Gasteiger partial charge in [0.05, 0.1) is 12.4 Å². The summed E-state index contributed by atoms with van der Waals surface area (Å²) in [5, 5.41) is 9.05. The van der Waals surface area contributed by atoms with Crippen LogP contribution in [0.1, 0.15) is 13.3 Å². The molecule has 1 atom stereocenters. The highest BCUT2D eigenvalue weighted by Gasteiger charge is 2.06. The van der Waals surface area contributed by atoms with Gasteiger partial charge in [-0.25, -0.2) is 4.98 Å². The molecule has 1 unspecified atom stereocenters. The molecule has 14 heavy (non-hydrogen) atoms. The smallest absolute Gasteiger partial charge is 0.278 e. The van der Waals surface area contributed by atoms with Gasteiger partial charge in [-0.15, -0.1) is 0 Å². The third kappa shape index (κ3) is 2.46. The summed E-state index contributed by atoms with van der Waals surface area (Å²) in [5.41, 5.74) is 4.97. The molecule has 0 amide bonds. The number of hydrogen-bond acceptors (Lipinski definition) is 4. The fourth-order valence-electron chi connectivity index (χ4n) is 0.971. The summed E-state index contributed by atoms with van der Waals surface area (Å²) in [5.74, 6) is 0. The van der Waals surface area contributed by atoms with Crippen LogP contribution in [0.15, 0.2) is 11.1 Å². The summed E-state index contributed by atoms with van der Waals surface area (Å²) in [4.78, 5) is 15.2. The minimum Gasteiger partial charge on any atom is -0.393 e. The topological polar surface area (TPSA) is 81.1 Å². The number of rotatable bonds is 3. The van der Waals surface area contributed by atoms with Crippen molar-refractivity contribution in [2.24, 2.45) is 0 Å². The van der Waals surface area contributed by atoms with Crippen LogP contribution < -0.4 is 11.3 Å². The number of aliphatic hydroxyl groups is 1. The van der Waals surface area contributed by atoms with Gasteiger partial charge < -0.3 is 10.8 Å². The van der Waals surface area contributed by atoms with E-state index in [4.69, 9.17) is 22.4 Å². The second-order valence-electron chi connectivity index (χ2n) is 3.09. The molecule has 0 aliphatic heterocycles. The highest BCUT2D eigenvalue weighted by molar-refractivity contribution is 6.31. The molecule has 3 N–H and O–H groups in total. The molecule has 6 heteroatoms. The molecule has 0 radical (unpaired) electrons. The van der Waals surface area contributed by atoms with E-state index in [9.17, 15) is 4.79 Å². The lowest BCUT2D eigenvalue weighted by atomic mass is 10.3. The first-order valence-corrected chi connectivity index (χ1v) is 4.58. The van der Waals surface area contributed by atoms with Crippen LogP contribution >= 0.6 is 11.6 Å². The van der Waals surface area contributed by atoms with E-state index in [-0.39, 0.29) is 16.4 Å². The molecule has 78 valence electrons. The van der Waals surface area contributed by atoms with E-state index in [0.717, 1.165) is 0 Å². The molecule has 1 aromatic rings. The number of aromatic nitrogens is 2. The summed E-state index contributed by atoms with van der Waals surface area (Å²) < 4.78 is 1.33. The van der Waals surface area contributed by atoms with Crippen LogP contribution in [0.5, 0.6) is 0 Å². The van der Waals surface area contributed by atoms with Gasteiger partial charge in [-0.3, -0.25) is 9.36 Å². The van der Waals surface area contributed by atoms with Crippen molar-refractivity contribution in [1.82, 2.24) is 9.55 Å². The molecule has 0 saturated heterocycles. The summed E-state index contributed by atoms with van der Waals surface area (Å²) in [6.07, 6.45) is 1.34. The second-order valence-corrected chi connectivity index (χ2v) is 3.44. The minimum atomic E-state index is -0.459. The van der Waals surface area contributed by atoms with Crippen molar-refractivity contribution in [3.8, 4) is 0 Å². The van der Waals surface area contributed by atoms with Crippen LogP contribution in [0.25, 0.3) is 0 Å². The fourth-order valence-corrected chi connectivity index (χ4v) is 1.09. The van der Waals surface area contributed by atoms with Gasteiger partial charge in [0.1, 0.15) is 5.69 Å². The quantitative estimate of drug-likeness (QED) is 0.712. The fraction of sp³-hybridized carbons (Fsp3) is 0.500. The Kier molecular flexibility index (Phi) is 3.49. The molecular weight excluding hydrogens is 206 g/mol. The maximum atomic E-state index is 11.4.